The van der Waals surface area contributed by atoms with Gasteiger partial charge < -0.3 is 24.1 Å². The number of nitrogens with one attached hydrogen (secondary N) is 1. The second-order valence-corrected chi connectivity index (χ2v) is 7.00. The minimum Gasteiger partial charge on any atom is -0.497 e. The summed E-state index contributed by atoms with van der Waals surface area (Å²) in [5.74, 6) is 2.10. The summed E-state index contributed by atoms with van der Waals surface area (Å²) < 4.78 is 17.9. The van der Waals surface area contributed by atoms with Crippen LogP contribution in [0.2, 0.25) is 0 Å². The number of amides is 1. The minimum atomic E-state index is -0.148. The number of ether oxygens (including phenoxy) is 3. The summed E-state index contributed by atoms with van der Waals surface area (Å²) in [5.41, 5.74) is 1.64. The molecule has 0 saturated carbocycles. The normalized spacial score (nSPS) is 10.4. The summed E-state index contributed by atoms with van der Waals surface area (Å²) in [6, 6.07) is 13.1. The van der Waals surface area contributed by atoms with E-state index in [9.17, 15) is 4.79 Å². The second kappa shape index (κ2) is 9.88. The highest BCUT2D eigenvalue weighted by molar-refractivity contribution is 7.99. The highest BCUT2D eigenvalue weighted by Gasteiger charge is 2.12. The van der Waals surface area contributed by atoms with Crippen LogP contribution < -0.4 is 19.5 Å². The van der Waals surface area contributed by atoms with Crippen LogP contribution in [0.25, 0.3) is 0 Å². The molecule has 0 atom stereocenters. The van der Waals surface area contributed by atoms with Gasteiger partial charge in [-0.2, -0.15) is 0 Å². The van der Waals surface area contributed by atoms with Gasteiger partial charge in [-0.15, -0.1) is 0 Å². The van der Waals surface area contributed by atoms with E-state index in [1.807, 2.05) is 35.0 Å². The van der Waals surface area contributed by atoms with Crippen LogP contribution >= 0.6 is 11.8 Å². The molecule has 2 aromatic carbocycles. The average molecular weight is 413 g/mol. The summed E-state index contributed by atoms with van der Waals surface area (Å²) in [4.78, 5) is 16.8. The maximum Gasteiger partial charge on any atom is 0.234 e. The second-order valence-electron chi connectivity index (χ2n) is 6.05. The highest BCUT2D eigenvalue weighted by atomic mass is 32.2. The molecule has 0 aliphatic carbocycles. The summed E-state index contributed by atoms with van der Waals surface area (Å²) in [6.07, 6.45) is 3.61. The molecule has 8 heteroatoms. The van der Waals surface area contributed by atoms with Gasteiger partial charge in [0.1, 0.15) is 17.2 Å². The van der Waals surface area contributed by atoms with Crippen molar-refractivity contribution in [2.45, 2.75) is 11.7 Å². The fourth-order valence-corrected chi connectivity index (χ4v) is 3.55. The van der Waals surface area contributed by atoms with Crippen LogP contribution in [0.5, 0.6) is 17.2 Å². The molecular formula is C21H23N3O4S. The summed E-state index contributed by atoms with van der Waals surface area (Å²) in [6.45, 7) is 0.611. The first-order chi connectivity index (χ1) is 14.1. The first-order valence-electron chi connectivity index (χ1n) is 8.92. The molecule has 1 amide bonds. The van der Waals surface area contributed by atoms with Crippen molar-refractivity contribution in [3.63, 3.8) is 0 Å². The number of rotatable bonds is 9. The Morgan fingerprint density at radius 3 is 2.62 bits per heavy atom. The Bertz CT molecular complexity index is 974. The average Bonchev–Trinajstić information content (AvgIpc) is 3.20. The number of carbonyl (C=O) groups is 1. The Kier molecular flexibility index (Phi) is 7.02. The molecule has 0 unspecified atom stereocenters. The molecule has 1 heterocycles. The molecule has 0 aliphatic heterocycles. The van der Waals surface area contributed by atoms with Crippen LogP contribution in [0, 0.1) is 0 Å². The van der Waals surface area contributed by atoms with Gasteiger partial charge in [-0.1, -0.05) is 30.0 Å². The van der Waals surface area contributed by atoms with Crippen molar-refractivity contribution in [1.82, 2.24) is 9.55 Å². The predicted molar refractivity (Wildman–Crippen MR) is 113 cm³/mol. The molecule has 7 nitrogen and oxygen atoms in total. The van der Waals surface area contributed by atoms with E-state index in [-0.39, 0.29) is 11.7 Å². The maximum atomic E-state index is 12.4. The van der Waals surface area contributed by atoms with Gasteiger partial charge in [0.2, 0.25) is 5.91 Å². The summed E-state index contributed by atoms with van der Waals surface area (Å²) in [5, 5.41) is 3.62. The molecule has 152 valence electrons. The number of hydrogen-bond donors (Lipinski definition) is 1. The van der Waals surface area contributed by atoms with Gasteiger partial charge in [0.15, 0.2) is 5.16 Å². The van der Waals surface area contributed by atoms with Gasteiger partial charge in [-0.05, 0) is 18.2 Å². The lowest BCUT2D eigenvalue weighted by molar-refractivity contribution is -0.113. The first kappa shape index (κ1) is 20.6. The maximum absolute atomic E-state index is 12.4. The van der Waals surface area contributed by atoms with Gasteiger partial charge in [0.25, 0.3) is 0 Å². The van der Waals surface area contributed by atoms with Crippen LogP contribution in [-0.4, -0.2) is 42.5 Å². The van der Waals surface area contributed by atoms with E-state index < -0.39 is 0 Å². The number of imidazole rings is 1. The first-order valence-corrected chi connectivity index (χ1v) is 9.91. The van der Waals surface area contributed by atoms with Crippen molar-refractivity contribution in [2.75, 3.05) is 32.4 Å². The van der Waals surface area contributed by atoms with E-state index >= 15 is 0 Å². The van der Waals surface area contributed by atoms with Crippen molar-refractivity contribution in [3.05, 3.63) is 60.4 Å². The molecule has 0 fully saturated rings. The lowest BCUT2D eigenvalue weighted by Gasteiger charge is -2.12. The molecular weight excluding hydrogens is 390 g/mol. The van der Waals surface area contributed by atoms with Crippen molar-refractivity contribution in [3.8, 4) is 17.2 Å². The largest absolute Gasteiger partial charge is 0.497 e. The van der Waals surface area contributed by atoms with Crippen molar-refractivity contribution in [1.29, 1.82) is 0 Å². The SMILES string of the molecule is COc1ccc(NC(=O)CSc2nccn2Cc2ccccc2OC)c(OC)c1. The number of carbonyl (C=O) groups excluding carboxylic acids is 1. The Balaban J connectivity index is 1.63. The molecule has 0 aliphatic rings. The zero-order valence-electron chi connectivity index (χ0n) is 16.5. The van der Waals surface area contributed by atoms with Crippen LogP contribution in [0.4, 0.5) is 5.69 Å². The van der Waals surface area contributed by atoms with Crippen LogP contribution in [0.3, 0.4) is 0 Å². The molecule has 0 radical (unpaired) electrons. The van der Waals surface area contributed by atoms with Gasteiger partial charge in [0.05, 0.1) is 39.3 Å². The lowest BCUT2D eigenvalue weighted by atomic mass is 10.2. The fourth-order valence-electron chi connectivity index (χ4n) is 2.79. The van der Waals surface area contributed by atoms with Crippen LogP contribution in [0.15, 0.2) is 60.0 Å². The number of benzene rings is 2. The Morgan fingerprint density at radius 1 is 1.07 bits per heavy atom. The molecule has 29 heavy (non-hydrogen) atoms. The van der Waals surface area contributed by atoms with E-state index in [0.29, 0.717) is 23.7 Å². The molecule has 3 aromatic rings. The Hall–Kier alpha value is -3.13. The minimum absolute atomic E-state index is 0.148. The predicted octanol–water partition coefficient (Wildman–Crippen LogP) is 3.69. The lowest BCUT2D eigenvalue weighted by Crippen LogP contribution is -2.15. The van der Waals surface area contributed by atoms with Gasteiger partial charge in [-0.25, -0.2) is 4.98 Å². The number of methoxy groups -OCH3 is 3. The number of nitrogens with zero attached hydrogens (tertiary/aromatic N) is 2. The van der Waals surface area contributed by atoms with Crippen molar-refractivity contribution >= 4 is 23.4 Å². The zero-order chi connectivity index (χ0) is 20.6. The Labute approximate surface area is 174 Å². The number of anilines is 1. The molecule has 3 rings (SSSR count). The zero-order valence-corrected chi connectivity index (χ0v) is 17.4. The quantitative estimate of drug-likeness (QED) is 0.540. The van der Waals surface area contributed by atoms with Crippen LogP contribution in [0.1, 0.15) is 5.56 Å². The smallest absolute Gasteiger partial charge is 0.234 e. The van der Waals surface area contributed by atoms with E-state index in [1.165, 1.54) is 11.8 Å². The summed E-state index contributed by atoms with van der Waals surface area (Å²) >= 11 is 1.37. The fraction of sp³-hybridized carbons (Fsp3) is 0.238. The van der Waals surface area contributed by atoms with Crippen molar-refractivity contribution in [2.24, 2.45) is 0 Å². The van der Waals surface area contributed by atoms with Gasteiger partial charge >= 0.3 is 0 Å². The van der Waals surface area contributed by atoms with Gasteiger partial charge in [-0.3, -0.25) is 4.79 Å². The number of thioether (sulfide) groups is 1. The topological polar surface area (TPSA) is 74.6 Å². The van der Waals surface area contributed by atoms with E-state index in [1.54, 1.807) is 45.7 Å². The standard InChI is InChI=1S/C21H23N3O4S/c1-26-16-8-9-17(19(12-16)28-3)23-20(25)14-29-21-22-10-11-24(21)13-15-6-4-5-7-18(15)27-2/h4-12H,13-14H2,1-3H3,(H,23,25). The molecule has 0 bridgehead atoms. The molecule has 0 saturated heterocycles. The van der Waals surface area contributed by atoms with Gasteiger partial charge in [0, 0.05) is 24.0 Å². The third kappa shape index (κ3) is 5.23. The van der Waals surface area contributed by atoms with E-state index in [0.717, 1.165) is 16.5 Å². The molecule has 0 spiro atoms. The summed E-state index contributed by atoms with van der Waals surface area (Å²) in [7, 11) is 4.78. The number of aromatic nitrogens is 2. The Morgan fingerprint density at radius 2 is 1.86 bits per heavy atom. The van der Waals surface area contributed by atoms with Crippen molar-refractivity contribution < 1.29 is 19.0 Å². The highest BCUT2D eigenvalue weighted by Crippen LogP contribution is 2.29. The number of hydrogen-bond acceptors (Lipinski definition) is 6. The van der Waals surface area contributed by atoms with E-state index in [2.05, 4.69) is 10.3 Å². The molecule has 1 aromatic heterocycles. The van der Waals surface area contributed by atoms with Crippen LogP contribution in [-0.2, 0) is 11.3 Å². The van der Waals surface area contributed by atoms with E-state index in [4.69, 9.17) is 14.2 Å². The number of para-hydroxylation sites is 1. The third-order valence-corrected chi connectivity index (χ3v) is 5.23. The molecule has 1 N–H and O–H groups in total. The third-order valence-electron chi connectivity index (χ3n) is 4.23. The monoisotopic (exact) mass is 413 g/mol.